The van der Waals surface area contributed by atoms with Crippen molar-refractivity contribution in [2.24, 2.45) is 11.8 Å². The number of fused-ring (bicyclic) bond motifs is 1. The van der Waals surface area contributed by atoms with Crippen LogP contribution in [0.25, 0.3) is 0 Å². The summed E-state index contributed by atoms with van der Waals surface area (Å²) in [6, 6.07) is 0. The summed E-state index contributed by atoms with van der Waals surface area (Å²) in [7, 11) is 0. The van der Waals surface area contributed by atoms with E-state index in [1.807, 2.05) is 4.99 Å². The van der Waals surface area contributed by atoms with Gasteiger partial charge in [0.2, 0.25) is 0 Å². The number of rotatable bonds is 3. The molecule has 0 bridgehead atoms. The third-order valence-electron chi connectivity index (χ3n) is 4.18. The zero-order valence-corrected chi connectivity index (χ0v) is 14.6. The second-order valence-corrected chi connectivity index (χ2v) is 7.15. The third kappa shape index (κ3) is 4.32. The fourth-order valence-corrected chi connectivity index (χ4v) is 3.62. The zero-order valence-electron chi connectivity index (χ0n) is 11.4. The van der Waals surface area contributed by atoms with Crippen LogP contribution in [0, 0.1) is 11.8 Å². The van der Waals surface area contributed by atoms with Crippen molar-refractivity contribution in [2.45, 2.75) is 56.1 Å². The number of ether oxygens (including phenoxy) is 1. The van der Waals surface area contributed by atoms with Gasteiger partial charge in [0.15, 0.2) is 0 Å². The number of halogens is 2. The van der Waals surface area contributed by atoms with E-state index in [1.54, 1.807) is 0 Å². The summed E-state index contributed by atoms with van der Waals surface area (Å²) in [4.78, 5) is 2.27. The van der Waals surface area contributed by atoms with Crippen LogP contribution in [0.5, 0.6) is 0 Å². The third-order valence-corrected chi connectivity index (χ3v) is 5.68. The van der Waals surface area contributed by atoms with E-state index in [0.717, 1.165) is 19.3 Å². The van der Waals surface area contributed by atoms with Gasteiger partial charge in [-0.1, -0.05) is 50.9 Å². The van der Waals surface area contributed by atoms with E-state index in [2.05, 4.69) is 62.7 Å². The summed E-state index contributed by atoms with van der Waals surface area (Å²) < 4.78 is 6.41. The van der Waals surface area contributed by atoms with Crippen molar-refractivity contribution in [3.8, 4) is 0 Å². The maximum absolute atomic E-state index is 6.41. The molecule has 1 aliphatic carbocycles. The Morgan fingerprint density at radius 2 is 2.16 bits per heavy atom. The molecule has 1 nitrogen and oxygen atoms in total. The van der Waals surface area contributed by atoms with Gasteiger partial charge in [-0.25, -0.2) is 0 Å². The molecule has 1 aliphatic heterocycles. The van der Waals surface area contributed by atoms with Gasteiger partial charge in [0.05, 0.1) is 12.2 Å². The van der Waals surface area contributed by atoms with Gasteiger partial charge in [-0.05, 0) is 50.0 Å². The Labute approximate surface area is 133 Å². The van der Waals surface area contributed by atoms with Gasteiger partial charge in [-0.15, -0.1) is 5.73 Å². The SMILES string of the molecule is CCC(Br)[C@H]1C/C=C\C[C@@H]2C[C@H](C=C=CBr)C[C@@H]2O1. The average molecular weight is 390 g/mol. The topological polar surface area (TPSA) is 9.23 Å². The van der Waals surface area contributed by atoms with Gasteiger partial charge in [-0.2, -0.15) is 0 Å². The summed E-state index contributed by atoms with van der Waals surface area (Å²) in [5.74, 6) is 1.29. The van der Waals surface area contributed by atoms with Gasteiger partial charge < -0.3 is 4.74 Å². The minimum Gasteiger partial charge on any atom is -0.373 e. The first-order valence-electron chi connectivity index (χ1n) is 7.20. The largest absolute Gasteiger partial charge is 0.373 e. The Kier molecular flexibility index (Phi) is 6.41. The van der Waals surface area contributed by atoms with Crippen LogP contribution in [-0.4, -0.2) is 17.0 Å². The predicted octanol–water partition coefficient (Wildman–Crippen LogP) is 5.35. The Morgan fingerprint density at radius 3 is 2.89 bits per heavy atom. The molecule has 5 atom stereocenters. The Balaban J connectivity index is 2.04. The fourth-order valence-electron chi connectivity index (χ4n) is 3.13. The first-order valence-corrected chi connectivity index (χ1v) is 9.03. The average Bonchev–Trinajstić information content (AvgIpc) is 2.77. The second kappa shape index (κ2) is 7.83. The molecule has 0 aromatic carbocycles. The molecule has 2 rings (SSSR count). The van der Waals surface area contributed by atoms with Gasteiger partial charge in [-0.3, -0.25) is 0 Å². The molecule has 0 N–H and O–H groups in total. The number of hydrogen-bond acceptors (Lipinski definition) is 1. The van der Waals surface area contributed by atoms with Gasteiger partial charge in [0.25, 0.3) is 0 Å². The van der Waals surface area contributed by atoms with Crippen molar-refractivity contribution in [1.29, 1.82) is 0 Å². The van der Waals surface area contributed by atoms with Crippen LogP contribution in [0.2, 0.25) is 0 Å². The summed E-state index contributed by atoms with van der Waals surface area (Å²) in [6.07, 6.45) is 13.3. The number of alkyl halides is 1. The van der Waals surface area contributed by atoms with Crippen LogP contribution in [0.4, 0.5) is 0 Å². The van der Waals surface area contributed by atoms with Crippen LogP contribution in [0.15, 0.2) is 28.9 Å². The summed E-state index contributed by atoms with van der Waals surface area (Å²) >= 11 is 7.04. The van der Waals surface area contributed by atoms with Gasteiger partial charge in [0.1, 0.15) is 0 Å². The van der Waals surface area contributed by atoms with Crippen molar-refractivity contribution in [2.75, 3.05) is 0 Å². The maximum Gasteiger partial charge on any atom is 0.0738 e. The second-order valence-electron chi connectivity index (χ2n) is 5.51. The lowest BCUT2D eigenvalue weighted by Crippen LogP contribution is -2.31. The van der Waals surface area contributed by atoms with Crippen LogP contribution in [-0.2, 0) is 4.74 Å². The Morgan fingerprint density at radius 1 is 1.37 bits per heavy atom. The van der Waals surface area contributed by atoms with Gasteiger partial charge >= 0.3 is 0 Å². The Hall–Kier alpha value is 0.180. The monoisotopic (exact) mass is 388 g/mol. The molecule has 0 aromatic heterocycles. The first kappa shape index (κ1) is 15.6. The molecule has 0 radical (unpaired) electrons. The van der Waals surface area contributed by atoms with E-state index in [4.69, 9.17) is 4.74 Å². The van der Waals surface area contributed by atoms with E-state index in [1.165, 1.54) is 12.8 Å². The van der Waals surface area contributed by atoms with E-state index >= 15 is 0 Å². The lowest BCUT2D eigenvalue weighted by Gasteiger charge is -2.29. The van der Waals surface area contributed by atoms with Crippen molar-refractivity contribution >= 4 is 31.9 Å². The summed E-state index contributed by atoms with van der Waals surface area (Å²) in [5, 5.41) is 0. The fraction of sp³-hybridized carbons (Fsp3) is 0.688. The highest BCUT2D eigenvalue weighted by Gasteiger charge is 2.36. The number of allylic oxidation sites excluding steroid dienone is 2. The first-order chi connectivity index (χ1) is 9.24. The predicted molar refractivity (Wildman–Crippen MR) is 87.8 cm³/mol. The summed E-state index contributed by atoms with van der Waals surface area (Å²) in [5.41, 5.74) is 3.16. The van der Waals surface area contributed by atoms with Crippen molar-refractivity contribution in [3.05, 3.63) is 28.9 Å². The molecule has 1 heterocycles. The highest BCUT2D eigenvalue weighted by molar-refractivity contribution is 9.11. The molecule has 0 aromatic rings. The molecule has 0 saturated heterocycles. The van der Waals surface area contributed by atoms with E-state index in [0.29, 0.717) is 28.9 Å². The molecule has 19 heavy (non-hydrogen) atoms. The molecule has 0 spiro atoms. The quantitative estimate of drug-likeness (QED) is 0.359. The van der Waals surface area contributed by atoms with Crippen LogP contribution in [0.1, 0.15) is 39.0 Å². The standard InChI is InChI=1S/C16H22Br2O/c1-2-14(18)15-8-4-3-7-13-10-12(6-5-9-17)11-16(13)19-15/h3-4,6,9,12-16H,2,7-8,10-11H2,1H3/b4-3-/t5?,12-,13+,14?,15+,16-/m0/s1. The lowest BCUT2D eigenvalue weighted by molar-refractivity contribution is -0.0318. The van der Waals surface area contributed by atoms with Crippen LogP contribution in [0.3, 0.4) is 0 Å². The molecule has 0 amide bonds. The van der Waals surface area contributed by atoms with Crippen molar-refractivity contribution < 1.29 is 4.74 Å². The minimum atomic E-state index is 0.323. The molecule has 106 valence electrons. The Bertz CT molecular complexity index is 371. The van der Waals surface area contributed by atoms with E-state index in [-0.39, 0.29) is 0 Å². The summed E-state index contributed by atoms with van der Waals surface area (Å²) in [6.45, 7) is 2.21. The van der Waals surface area contributed by atoms with Crippen molar-refractivity contribution in [3.63, 3.8) is 0 Å². The van der Waals surface area contributed by atoms with Crippen LogP contribution < -0.4 is 0 Å². The van der Waals surface area contributed by atoms with Crippen molar-refractivity contribution in [1.82, 2.24) is 0 Å². The molecule has 3 heteroatoms. The minimum absolute atomic E-state index is 0.323. The van der Waals surface area contributed by atoms with Gasteiger partial charge in [0, 0.05) is 9.81 Å². The molecular weight excluding hydrogens is 368 g/mol. The molecule has 1 unspecified atom stereocenters. The molecule has 2 aliphatic rings. The maximum atomic E-state index is 6.41. The van der Waals surface area contributed by atoms with Crippen LogP contribution >= 0.6 is 31.9 Å². The molecule has 1 fully saturated rings. The van der Waals surface area contributed by atoms with E-state index in [9.17, 15) is 0 Å². The molecule has 1 saturated carbocycles. The normalized spacial score (nSPS) is 37.4. The highest BCUT2D eigenvalue weighted by atomic mass is 79.9. The lowest BCUT2D eigenvalue weighted by atomic mass is 9.97. The zero-order chi connectivity index (χ0) is 13.7. The smallest absolute Gasteiger partial charge is 0.0738 e. The molecular formula is C16H22Br2O. The highest BCUT2D eigenvalue weighted by Crippen LogP contribution is 2.39. The number of hydrogen-bond donors (Lipinski definition) is 0. The van der Waals surface area contributed by atoms with E-state index < -0.39 is 0 Å².